The lowest BCUT2D eigenvalue weighted by atomic mass is 9.92. The Hall–Kier alpha value is -2.59. The monoisotopic (exact) mass is 473 g/mol. The van der Waals surface area contributed by atoms with Crippen LogP contribution in [0.15, 0.2) is 24.4 Å². The van der Waals surface area contributed by atoms with Crippen molar-refractivity contribution in [3.05, 3.63) is 46.4 Å². The second kappa shape index (κ2) is 8.40. The SMILES string of the molecule is O=C1CCc2c(OCC3(O)CCN(c4ncc(C(F)(F)F)cc4Cl)CC3)ccc(F)c2N1. The molecule has 2 aliphatic rings. The molecule has 0 unspecified atom stereocenters. The number of hydrogen-bond acceptors (Lipinski definition) is 5. The summed E-state index contributed by atoms with van der Waals surface area (Å²) in [6.07, 6.45) is -2.71. The van der Waals surface area contributed by atoms with Gasteiger partial charge in [0.15, 0.2) is 0 Å². The molecule has 0 radical (unpaired) electrons. The maximum atomic E-state index is 14.0. The molecule has 0 saturated carbocycles. The molecule has 4 rings (SSSR count). The molecular formula is C21H20ClF4N3O3. The Morgan fingerprint density at radius 1 is 1.25 bits per heavy atom. The summed E-state index contributed by atoms with van der Waals surface area (Å²) in [6, 6.07) is 3.50. The molecule has 0 bridgehead atoms. The standard InChI is InChI=1S/C21H20ClF4N3O3/c22-14-9-12(21(24,25)26)10-27-19(14)29-7-5-20(31,6-8-29)11-32-16-3-2-15(23)18-13(16)1-4-17(30)28-18/h2-3,9-10,31H,1,4-8,11H2,(H,28,30). The van der Waals surface area contributed by atoms with Crippen molar-refractivity contribution in [2.75, 3.05) is 29.9 Å². The minimum atomic E-state index is -4.53. The molecule has 2 aromatic rings. The Bertz CT molecular complexity index is 1040. The van der Waals surface area contributed by atoms with Crippen molar-refractivity contribution >= 4 is 29.0 Å². The molecular weight excluding hydrogens is 454 g/mol. The summed E-state index contributed by atoms with van der Waals surface area (Å²) >= 11 is 6.02. The number of ether oxygens (including phenoxy) is 1. The summed E-state index contributed by atoms with van der Waals surface area (Å²) < 4.78 is 58.3. The van der Waals surface area contributed by atoms with Gasteiger partial charge in [-0.1, -0.05) is 11.6 Å². The van der Waals surface area contributed by atoms with E-state index in [1.807, 2.05) is 0 Å². The van der Waals surface area contributed by atoms with Crippen LogP contribution in [0.25, 0.3) is 0 Å². The van der Waals surface area contributed by atoms with Gasteiger partial charge >= 0.3 is 6.18 Å². The number of nitrogens with zero attached hydrogens (tertiary/aromatic N) is 2. The van der Waals surface area contributed by atoms with Crippen molar-refractivity contribution in [1.82, 2.24) is 4.98 Å². The molecule has 0 atom stereocenters. The highest BCUT2D eigenvalue weighted by molar-refractivity contribution is 6.33. The molecule has 0 aliphatic carbocycles. The van der Waals surface area contributed by atoms with Gasteiger partial charge in [-0.25, -0.2) is 9.37 Å². The maximum Gasteiger partial charge on any atom is 0.417 e. The molecule has 1 aromatic carbocycles. The van der Waals surface area contributed by atoms with Crippen LogP contribution in [0.2, 0.25) is 5.02 Å². The minimum Gasteiger partial charge on any atom is -0.490 e. The van der Waals surface area contributed by atoms with Crippen molar-refractivity contribution in [2.24, 2.45) is 0 Å². The molecule has 6 nitrogen and oxygen atoms in total. The largest absolute Gasteiger partial charge is 0.490 e. The molecule has 2 aliphatic heterocycles. The number of benzene rings is 1. The molecule has 2 N–H and O–H groups in total. The van der Waals surface area contributed by atoms with Gasteiger partial charge in [0.25, 0.3) is 0 Å². The number of amides is 1. The Kier molecular flexibility index (Phi) is 5.93. The first kappa shape index (κ1) is 22.6. The van der Waals surface area contributed by atoms with E-state index < -0.39 is 23.2 Å². The number of nitrogens with one attached hydrogen (secondary N) is 1. The Labute approximate surface area is 186 Å². The Morgan fingerprint density at radius 2 is 1.97 bits per heavy atom. The van der Waals surface area contributed by atoms with Crippen LogP contribution in [-0.2, 0) is 17.4 Å². The third-order valence-corrected chi connectivity index (χ3v) is 6.00. The molecule has 3 heterocycles. The van der Waals surface area contributed by atoms with Gasteiger partial charge in [-0.3, -0.25) is 4.79 Å². The van der Waals surface area contributed by atoms with Crippen molar-refractivity contribution in [3.8, 4) is 5.75 Å². The third-order valence-electron chi connectivity index (χ3n) is 5.72. The van der Waals surface area contributed by atoms with Gasteiger partial charge in [0, 0.05) is 31.3 Å². The third kappa shape index (κ3) is 4.61. The van der Waals surface area contributed by atoms with E-state index >= 15 is 0 Å². The average Bonchev–Trinajstić information content (AvgIpc) is 2.74. The van der Waals surface area contributed by atoms with Crippen LogP contribution in [0.5, 0.6) is 5.75 Å². The van der Waals surface area contributed by atoms with Crippen molar-refractivity contribution < 1.29 is 32.2 Å². The van der Waals surface area contributed by atoms with E-state index in [4.69, 9.17) is 16.3 Å². The summed E-state index contributed by atoms with van der Waals surface area (Å²) in [5.41, 5.74) is -1.46. The van der Waals surface area contributed by atoms with Gasteiger partial charge < -0.3 is 20.1 Å². The number of piperidine rings is 1. The summed E-state index contributed by atoms with van der Waals surface area (Å²) in [7, 11) is 0. The lowest BCUT2D eigenvalue weighted by Gasteiger charge is -2.39. The van der Waals surface area contributed by atoms with Crippen molar-refractivity contribution in [1.29, 1.82) is 0 Å². The number of carbonyl (C=O) groups is 1. The molecule has 1 fully saturated rings. The van der Waals surface area contributed by atoms with Crippen LogP contribution in [0.3, 0.4) is 0 Å². The van der Waals surface area contributed by atoms with Gasteiger partial charge in [0.2, 0.25) is 5.91 Å². The lowest BCUT2D eigenvalue weighted by Crippen LogP contribution is -2.48. The molecule has 172 valence electrons. The zero-order valence-electron chi connectivity index (χ0n) is 16.8. The fourth-order valence-electron chi connectivity index (χ4n) is 3.87. The van der Waals surface area contributed by atoms with Gasteiger partial charge in [-0.2, -0.15) is 13.2 Å². The van der Waals surface area contributed by atoms with Crippen LogP contribution < -0.4 is 15.0 Å². The van der Waals surface area contributed by atoms with Crippen molar-refractivity contribution in [3.63, 3.8) is 0 Å². The highest BCUT2D eigenvalue weighted by Crippen LogP contribution is 2.37. The maximum absolute atomic E-state index is 14.0. The molecule has 1 aromatic heterocycles. The quantitative estimate of drug-likeness (QED) is 0.651. The van der Waals surface area contributed by atoms with E-state index in [1.54, 1.807) is 4.90 Å². The van der Waals surface area contributed by atoms with Crippen LogP contribution in [0.4, 0.5) is 29.1 Å². The highest BCUT2D eigenvalue weighted by atomic mass is 35.5. The number of rotatable bonds is 4. The summed E-state index contributed by atoms with van der Waals surface area (Å²) in [4.78, 5) is 17.1. The van der Waals surface area contributed by atoms with E-state index in [9.17, 15) is 27.5 Å². The molecule has 11 heteroatoms. The first-order valence-electron chi connectivity index (χ1n) is 10.00. The number of hydrogen-bond donors (Lipinski definition) is 2. The lowest BCUT2D eigenvalue weighted by molar-refractivity contribution is -0.137. The van der Waals surface area contributed by atoms with Crippen molar-refractivity contribution in [2.45, 2.75) is 37.5 Å². The molecule has 0 spiro atoms. The summed E-state index contributed by atoms with van der Waals surface area (Å²) in [6.45, 7) is 0.575. The van der Waals surface area contributed by atoms with E-state index in [2.05, 4.69) is 10.3 Å². The number of aromatic nitrogens is 1. The topological polar surface area (TPSA) is 74.7 Å². The zero-order chi connectivity index (χ0) is 23.1. The number of aliphatic hydroxyl groups is 1. The predicted octanol–water partition coefficient (Wildman–Crippen LogP) is 4.19. The van der Waals surface area contributed by atoms with E-state index in [0.717, 1.165) is 12.3 Å². The zero-order valence-corrected chi connectivity index (χ0v) is 17.6. The number of anilines is 2. The molecule has 32 heavy (non-hydrogen) atoms. The first-order valence-corrected chi connectivity index (χ1v) is 10.4. The summed E-state index contributed by atoms with van der Waals surface area (Å²) in [5.74, 6) is -0.195. The normalized spacial score (nSPS) is 18.2. The first-order chi connectivity index (χ1) is 15.1. The van der Waals surface area contributed by atoms with Gasteiger partial charge in [-0.05, 0) is 37.5 Å². The summed E-state index contributed by atoms with van der Waals surface area (Å²) in [5, 5.41) is 13.3. The van der Waals surface area contributed by atoms with Gasteiger partial charge in [-0.15, -0.1) is 0 Å². The highest BCUT2D eigenvalue weighted by Gasteiger charge is 2.36. The van der Waals surface area contributed by atoms with Gasteiger partial charge in [0.1, 0.15) is 29.6 Å². The minimum absolute atomic E-state index is 0.0545. The molecule has 1 saturated heterocycles. The molecule has 1 amide bonds. The van der Waals surface area contributed by atoms with E-state index in [0.29, 0.717) is 30.8 Å². The fraction of sp³-hybridized carbons (Fsp3) is 0.429. The van der Waals surface area contributed by atoms with Gasteiger partial charge in [0.05, 0.1) is 16.3 Å². The number of alkyl halides is 3. The number of fused-ring (bicyclic) bond motifs is 1. The van der Waals surface area contributed by atoms with E-state index in [1.165, 1.54) is 12.1 Å². The second-order valence-electron chi connectivity index (χ2n) is 7.97. The predicted molar refractivity (Wildman–Crippen MR) is 109 cm³/mol. The number of carbonyl (C=O) groups excluding carboxylic acids is 1. The van der Waals surface area contributed by atoms with Crippen LogP contribution in [-0.4, -0.2) is 41.3 Å². The van der Waals surface area contributed by atoms with E-state index in [-0.39, 0.29) is 48.3 Å². The number of pyridine rings is 1. The second-order valence-corrected chi connectivity index (χ2v) is 8.38. The Morgan fingerprint density at radius 3 is 2.62 bits per heavy atom. The Balaban J connectivity index is 1.40. The average molecular weight is 474 g/mol. The number of halogens is 5. The fourth-order valence-corrected chi connectivity index (χ4v) is 4.15. The van der Waals surface area contributed by atoms with Crippen LogP contribution in [0.1, 0.15) is 30.4 Å². The van der Waals surface area contributed by atoms with Crippen LogP contribution in [0, 0.1) is 5.82 Å². The van der Waals surface area contributed by atoms with Crippen LogP contribution >= 0.6 is 11.6 Å². The smallest absolute Gasteiger partial charge is 0.417 e.